The van der Waals surface area contributed by atoms with E-state index in [1.807, 2.05) is 0 Å². The van der Waals surface area contributed by atoms with Gasteiger partial charge in [-0.2, -0.15) is 10.2 Å². The van der Waals surface area contributed by atoms with Crippen LogP contribution >= 0.6 is 0 Å². The number of nitrogens with two attached hydrogens (primary N) is 1. The Kier molecular flexibility index (Phi) is 6.05. The van der Waals surface area contributed by atoms with Crippen molar-refractivity contribution in [3.8, 4) is 16.9 Å². The molecule has 0 spiro atoms. The number of rotatable bonds is 6. The summed E-state index contributed by atoms with van der Waals surface area (Å²) in [4.78, 5) is 36.8. The van der Waals surface area contributed by atoms with Crippen LogP contribution in [0.4, 0.5) is 11.5 Å². The van der Waals surface area contributed by atoms with Gasteiger partial charge in [0.25, 0.3) is 11.5 Å². The van der Waals surface area contributed by atoms with Crippen molar-refractivity contribution in [1.82, 2.24) is 30.6 Å². The number of nitrogen functional groups attached to an aromatic ring is 1. The third-order valence-electron chi connectivity index (χ3n) is 6.02. The molecule has 6 N–H and O–H groups in total. The minimum Gasteiger partial charge on any atom is -0.382 e. The number of aromatic nitrogens is 4. The number of hydrogen-bond acceptors (Lipinski definition) is 7. The average Bonchev–Trinajstić information content (AvgIpc) is 3.55. The SMILES string of the molecule is C=CC(=O)Nc1ccc(-n2nc3c(=O)[nH]nc(N)c3c2-c2ccc(C(=O)NC3CCNC3)cc2)cc1. The van der Waals surface area contributed by atoms with Crippen molar-refractivity contribution in [1.29, 1.82) is 0 Å². The van der Waals surface area contributed by atoms with Crippen molar-refractivity contribution < 1.29 is 9.59 Å². The Labute approximate surface area is 205 Å². The van der Waals surface area contributed by atoms with Crippen LogP contribution in [0, 0.1) is 0 Å². The summed E-state index contributed by atoms with van der Waals surface area (Å²) in [6, 6.07) is 14.1. The minimum atomic E-state index is -0.477. The molecule has 11 heteroatoms. The molecule has 3 heterocycles. The van der Waals surface area contributed by atoms with Gasteiger partial charge in [-0.25, -0.2) is 9.78 Å². The average molecular weight is 485 g/mol. The monoisotopic (exact) mass is 484 g/mol. The summed E-state index contributed by atoms with van der Waals surface area (Å²) in [7, 11) is 0. The molecule has 1 atom stereocenters. The molecule has 2 amide bonds. The van der Waals surface area contributed by atoms with Crippen molar-refractivity contribution in [2.75, 3.05) is 24.1 Å². The molecule has 0 saturated carbocycles. The van der Waals surface area contributed by atoms with E-state index in [0.29, 0.717) is 33.6 Å². The van der Waals surface area contributed by atoms with Gasteiger partial charge in [0.15, 0.2) is 11.3 Å². The summed E-state index contributed by atoms with van der Waals surface area (Å²) in [6.07, 6.45) is 2.08. The molecule has 0 bridgehead atoms. The van der Waals surface area contributed by atoms with Crippen LogP contribution in [0.3, 0.4) is 0 Å². The Morgan fingerprint density at radius 3 is 2.56 bits per heavy atom. The van der Waals surface area contributed by atoms with Crippen LogP contribution in [-0.2, 0) is 4.79 Å². The van der Waals surface area contributed by atoms with Crippen molar-refractivity contribution in [3.63, 3.8) is 0 Å². The molecule has 0 radical (unpaired) electrons. The number of carbonyl (C=O) groups excluding carboxylic acids is 2. The second kappa shape index (κ2) is 9.47. The Morgan fingerprint density at radius 2 is 1.89 bits per heavy atom. The summed E-state index contributed by atoms with van der Waals surface area (Å²) in [5.74, 6) is -0.355. The van der Waals surface area contributed by atoms with Crippen LogP contribution in [0.1, 0.15) is 16.8 Å². The van der Waals surface area contributed by atoms with Gasteiger partial charge >= 0.3 is 0 Å². The maximum atomic E-state index is 12.7. The zero-order valence-electron chi connectivity index (χ0n) is 19.2. The molecule has 182 valence electrons. The van der Waals surface area contributed by atoms with Crippen LogP contribution in [0.5, 0.6) is 0 Å². The number of fused-ring (bicyclic) bond motifs is 1. The molecular weight excluding hydrogens is 460 g/mol. The van der Waals surface area contributed by atoms with E-state index in [1.165, 1.54) is 6.08 Å². The fourth-order valence-electron chi connectivity index (χ4n) is 4.20. The summed E-state index contributed by atoms with van der Waals surface area (Å²) in [5.41, 5.74) is 8.79. The summed E-state index contributed by atoms with van der Waals surface area (Å²) < 4.78 is 1.59. The van der Waals surface area contributed by atoms with Gasteiger partial charge in [0.1, 0.15) is 0 Å². The van der Waals surface area contributed by atoms with Gasteiger partial charge in [0.2, 0.25) is 5.91 Å². The second-order valence-electron chi connectivity index (χ2n) is 8.40. The van der Waals surface area contributed by atoms with E-state index in [-0.39, 0.29) is 29.2 Å². The minimum absolute atomic E-state index is 0.111. The van der Waals surface area contributed by atoms with Crippen molar-refractivity contribution in [2.45, 2.75) is 12.5 Å². The third kappa shape index (κ3) is 4.34. The van der Waals surface area contributed by atoms with Crippen LogP contribution in [-0.4, -0.2) is 50.9 Å². The smallest absolute Gasteiger partial charge is 0.292 e. The van der Waals surface area contributed by atoms with E-state index >= 15 is 0 Å². The normalized spacial score (nSPS) is 15.1. The molecule has 1 unspecified atom stereocenters. The fourth-order valence-corrected chi connectivity index (χ4v) is 4.20. The van der Waals surface area contributed by atoms with Gasteiger partial charge in [-0.3, -0.25) is 14.4 Å². The first-order valence-electron chi connectivity index (χ1n) is 11.4. The lowest BCUT2D eigenvalue weighted by atomic mass is 10.1. The first-order valence-corrected chi connectivity index (χ1v) is 11.4. The Morgan fingerprint density at radius 1 is 1.14 bits per heavy atom. The predicted molar refractivity (Wildman–Crippen MR) is 137 cm³/mol. The van der Waals surface area contributed by atoms with Crippen molar-refractivity contribution >= 4 is 34.2 Å². The van der Waals surface area contributed by atoms with Gasteiger partial charge < -0.3 is 21.7 Å². The highest BCUT2D eigenvalue weighted by Gasteiger charge is 2.21. The van der Waals surface area contributed by atoms with Gasteiger partial charge in [0, 0.05) is 29.4 Å². The molecular formula is C25H24N8O3. The van der Waals surface area contributed by atoms with E-state index in [0.717, 1.165) is 19.5 Å². The lowest BCUT2D eigenvalue weighted by Gasteiger charge is -2.12. The number of anilines is 2. The third-order valence-corrected chi connectivity index (χ3v) is 6.02. The van der Waals surface area contributed by atoms with Crippen LogP contribution in [0.2, 0.25) is 0 Å². The standard InChI is InChI=1S/C25H24N8O3/c1-2-19(34)28-16-7-9-18(10-8-16)33-22(20-21(32-33)25(36)31-30-23(20)26)14-3-5-15(6-4-14)24(35)29-17-11-12-27-13-17/h2-10,17,27H,1,11-13H2,(H2,26,30)(H,28,34)(H,29,35)(H,31,36). The summed E-state index contributed by atoms with van der Waals surface area (Å²) in [5, 5.41) is 20.1. The molecule has 5 rings (SSSR count). The molecule has 11 nitrogen and oxygen atoms in total. The van der Waals surface area contributed by atoms with Crippen LogP contribution < -0.4 is 27.2 Å². The molecule has 1 saturated heterocycles. The highest BCUT2D eigenvalue weighted by atomic mass is 16.2. The summed E-state index contributed by atoms with van der Waals surface area (Å²) >= 11 is 0. The Hall–Kier alpha value is -4.77. The second-order valence-corrected chi connectivity index (χ2v) is 8.40. The number of H-pyrrole nitrogens is 1. The largest absolute Gasteiger partial charge is 0.382 e. The Bertz CT molecular complexity index is 1510. The van der Waals surface area contributed by atoms with Crippen molar-refractivity contribution in [3.05, 3.63) is 77.1 Å². The first kappa shape index (κ1) is 23.0. The maximum Gasteiger partial charge on any atom is 0.292 e. The molecule has 4 aromatic rings. The number of aromatic amines is 1. The van der Waals surface area contributed by atoms with E-state index in [9.17, 15) is 14.4 Å². The van der Waals surface area contributed by atoms with Gasteiger partial charge in [0.05, 0.1) is 16.8 Å². The molecule has 2 aromatic carbocycles. The quantitative estimate of drug-likeness (QED) is 0.260. The number of amides is 2. The Balaban J connectivity index is 1.56. The predicted octanol–water partition coefficient (Wildman–Crippen LogP) is 1.57. The van der Waals surface area contributed by atoms with E-state index in [4.69, 9.17) is 5.73 Å². The lowest BCUT2D eigenvalue weighted by Crippen LogP contribution is -2.36. The number of nitrogens with zero attached hydrogens (tertiary/aromatic N) is 3. The van der Waals surface area contributed by atoms with Gasteiger partial charge in [-0.1, -0.05) is 18.7 Å². The molecule has 1 aliphatic rings. The highest BCUT2D eigenvalue weighted by Crippen LogP contribution is 2.33. The van der Waals surface area contributed by atoms with E-state index in [1.54, 1.807) is 53.2 Å². The number of nitrogens with one attached hydrogen (secondary N) is 4. The zero-order chi connectivity index (χ0) is 25.2. The topological polar surface area (TPSA) is 160 Å². The first-order chi connectivity index (χ1) is 17.4. The fraction of sp³-hybridized carbons (Fsp3) is 0.160. The summed E-state index contributed by atoms with van der Waals surface area (Å²) in [6.45, 7) is 5.09. The van der Waals surface area contributed by atoms with E-state index < -0.39 is 5.56 Å². The number of hydrogen-bond donors (Lipinski definition) is 5. The van der Waals surface area contributed by atoms with Crippen LogP contribution in [0.25, 0.3) is 27.8 Å². The molecule has 2 aromatic heterocycles. The molecule has 1 fully saturated rings. The molecule has 0 aliphatic carbocycles. The van der Waals surface area contributed by atoms with Crippen molar-refractivity contribution in [2.24, 2.45) is 0 Å². The maximum absolute atomic E-state index is 12.7. The van der Waals surface area contributed by atoms with Gasteiger partial charge in [-0.05, 0) is 55.4 Å². The van der Waals surface area contributed by atoms with Crippen LogP contribution in [0.15, 0.2) is 66.0 Å². The van der Waals surface area contributed by atoms with E-state index in [2.05, 4.69) is 37.8 Å². The number of benzene rings is 2. The zero-order valence-corrected chi connectivity index (χ0v) is 19.2. The number of carbonyl (C=O) groups is 2. The molecule has 36 heavy (non-hydrogen) atoms. The van der Waals surface area contributed by atoms with Gasteiger partial charge in [-0.15, -0.1) is 0 Å². The lowest BCUT2D eigenvalue weighted by molar-refractivity contribution is -0.111. The molecule has 1 aliphatic heterocycles. The highest BCUT2D eigenvalue weighted by molar-refractivity contribution is 6.01.